The Balaban J connectivity index is 2.87. The zero-order chi connectivity index (χ0) is 16.0. The molecule has 1 aromatic rings. The lowest BCUT2D eigenvalue weighted by atomic mass is 9.95. The number of nitrogens with one attached hydrogen (secondary N) is 2. The maximum absolute atomic E-state index is 13.7. The Labute approximate surface area is 122 Å². The fourth-order valence-electron chi connectivity index (χ4n) is 1.77. The molecule has 0 fully saturated rings. The SMILES string of the molecule is C#Cc1cc(F)c(NC(=O)NC(C)(CC)CCO)c(F)c1. The highest BCUT2D eigenvalue weighted by Gasteiger charge is 2.24. The van der Waals surface area contributed by atoms with Gasteiger partial charge >= 0.3 is 6.03 Å². The van der Waals surface area contributed by atoms with Crippen LogP contribution in [0, 0.1) is 24.0 Å². The molecular formula is C15H18F2N2O2. The minimum absolute atomic E-state index is 0.0506. The Morgan fingerprint density at radius 2 is 2.00 bits per heavy atom. The number of aliphatic hydroxyl groups is 1. The first-order chi connectivity index (χ1) is 9.85. The lowest BCUT2D eigenvalue weighted by Gasteiger charge is -2.29. The van der Waals surface area contributed by atoms with Crippen LogP contribution < -0.4 is 10.6 Å². The van der Waals surface area contributed by atoms with E-state index in [1.165, 1.54) is 0 Å². The van der Waals surface area contributed by atoms with Gasteiger partial charge in [-0.25, -0.2) is 13.6 Å². The van der Waals surface area contributed by atoms with Crippen LogP contribution in [0.2, 0.25) is 0 Å². The molecule has 0 aliphatic heterocycles. The van der Waals surface area contributed by atoms with Gasteiger partial charge in [0.25, 0.3) is 0 Å². The summed E-state index contributed by atoms with van der Waals surface area (Å²) in [6.45, 7) is 3.46. The minimum atomic E-state index is -0.946. The summed E-state index contributed by atoms with van der Waals surface area (Å²) in [5.41, 5.74) is -1.17. The zero-order valence-electron chi connectivity index (χ0n) is 12.0. The highest BCUT2D eigenvalue weighted by Crippen LogP contribution is 2.21. The van der Waals surface area contributed by atoms with E-state index in [1.807, 2.05) is 6.92 Å². The molecule has 0 spiro atoms. The molecule has 21 heavy (non-hydrogen) atoms. The highest BCUT2D eigenvalue weighted by atomic mass is 19.1. The summed E-state index contributed by atoms with van der Waals surface area (Å²) in [6.07, 6.45) is 5.96. The van der Waals surface area contributed by atoms with Crippen LogP contribution in [0.5, 0.6) is 0 Å². The number of urea groups is 1. The van der Waals surface area contributed by atoms with Crippen molar-refractivity contribution in [1.29, 1.82) is 0 Å². The first-order valence-corrected chi connectivity index (χ1v) is 6.51. The van der Waals surface area contributed by atoms with Crippen LogP contribution >= 0.6 is 0 Å². The molecule has 0 aliphatic rings. The molecule has 0 heterocycles. The third-order valence-electron chi connectivity index (χ3n) is 3.31. The highest BCUT2D eigenvalue weighted by molar-refractivity contribution is 5.90. The van der Waals surface area contributed by atoms with Crippen molar-refractivity contribution >= 4 is 11.7 Å². The van der Waals surface area contributed by atoms with Crippen LogP contribution in [0.3, 0.4) is 0 Å². The Morgan fingerprint density at radius 3 is 2.43 bits per heavy atom. The quantitative estimate of drug-likeness (QED) is 0.731. The van der Waals surface area contributed by atoms with E-state index in [0.29, 0.717) is 12.8 Å². The molecular weight excluding hydrogens is 278 g/mol. The Hall–Kier alpha value is -2.13. The summed E-state index contributed by atoms with van der Waals surface area (Å²) < 4.78 is 27.4. The van der Waals surface area contributed by atoms with E-state index < -0.39 is 28.9 Å². The number of rotatable bonds is 5. The number of anilines is 1. The van der Waals surface area contributed by atoms with E-state index in [9.17, 15) is 13.6 Å². The van der Waals surface area contributed by atoms with Gasteiger partial charge in [-0.05, 0) is 31.9 Å². The standard InChI is InChI=1S/C15H18F2N2O2/c1-4-10-8-11(16)13(12(17)9-10)18-14(21)19-15(3,5-2)6-7-20/h1,8-9,20H,5-7H2,2-3H3,(H2,18,19,21). The van der Waals surface area contributed by atoms with Crippen molar-refractivity contribution in [3.63, 3.8) is 0 Å². The summed E-state index contributed by atoms with van der Waals surface area (Å²) in [5, 5.41) is 13.7. The van der Waals surface area contributed by atoms with Gasteiger partial charge in [0.05, 0.1) is 0 Å². The van der Waals surface area contributed by atoms with Crippen molar-refractivity contribution < 1.29 is 18.7 Å². The van der Waals surface area contributed by atoms with Crippen LogP contribution in [0.15, 0.2) is 12.1 Å². The van der Waals surface area contributed by atoms with Crippen molar-refractivity contribution in [3.8, 4) is 12.3 Å². The van der Waals surface area contributed by atoms with Crippen molar-refractivity contribution in [1.82, 2.24) is 5.32 Å². The first kappa shape index (κ1) is 16.9. The minimum Gasteiger partial charge on any atom is -0.396 e. The van der Waals surface area contributed by atoms with E-state index in [0.717, 1.165) is 12.1 Å². The monoisotopic (exact) mass is 296 g/mol. The van der Waals surface area contributed by atoms with Gasteiger partial charge in [-0.3, -0.25) is 0 Å². The molecule has 1 atom stereocenters. The second-order valence-corrected chi connectivity index (χ2v) is 4.93. The molecule has 2 amide bonds. The van der Waals surface area contributed by atoms with Crippen molar-refractivity contribution in [3.05, 3.63) is 29.3 Å². The lowest BCUT2D eigenvalue weighted by molar-refractivity contribution is 0.208. The summed E-state index contributed by atoms with van der Waals surface area (Å²) in [5.74, 6) is 0.225. The number of carbonyl (C=O) groups is 1. The number of aliphatic hydroxyl groups excluding tert-OH is 1. The number of halogens is 2. The zero-order valence-corrected chi connectivity index (χ0v) is 12.0. The van der Waals surface area contributed by atoms with E-state index in [4.69, 9.17) is 11.5 Å². The molecule has 0 bridgehead atoms. The molecule has 0 aromatic heterocycles. The van der Waals surface area contributed by atoms with Crippen molar-refractivity contribution in [2.24, 2.45) is 0 Å². The van der Waals surface area contributed by atoms with Gasteiger partial charge in [0.15, 0.2) is 11.6 Å². The van der Waals surface area contributed by atoms with Crippen LogP contribution in [0.4, 0.5) is 19.3 Å². The first-order valence-electron chi connectivity index (χ1n) is 6.51. The predicted molar refractivity (Wildman–Crippen MR) is 76.8 cm³/mol. The number of hydrogen-bond acceptors (Lipinski definition) is 2. The number of carbonyl (C=O) groups excluding carboxylic acids is 1. The van der Waals surface area contributed by atoms with Gasteiger partial charge in [0, 0.05) is 17.7 Å². The maximum atomic E-state index is 13.7. The molecule has 6 heteroatoms. The van der Waals surface area contributed by atoms with Crippen LogP contribution in [0.25, 0.3) is 0 Å². The van der Waals surface area contributed by atoms with Gasteiger partial charge in [0.2, 0.25) is 0 Å². The van der Waals surface area contributed by atoms with Crippen LogP contribution in [-0.4, -0.2) is 23.3 Å². The van der Waals surface area contributed by atoms with Gasteiger partial charge < -0.3 is 15.7 Å². The van der Waals surface area contributed by atoms with Gasteiger partial charge in [-0.2, -0.15) is 0 Å². The van der Waals surface area contributed by atoms with Crippen LogP contribution in [0.1, 0.15) is 32.3 Å². The number of terminal acetylenes is 1. The van der Waals surface area contributed by atoms with Gasteiger partial charge in [0.1, 0.15) is 5.69 Å². The van der Waals surface area contributed by atoms with E-state index in [-0.39, 0.29) is 12.2 Å². The van der Waals surface area contributed by atoms with Crippen molar-refractivity contribution in [2.45, 2.75) is 32.2 Å². The van der Waals surface area contributed by atoms with E-state index >= 15 is 0 Å². The fourth-order valence-corrected chi connectivity index (χ4v) is 1.77. The number of hydrogen-bond donors (Lipinski definition) is 3. The van der Waals surface area contributed by atoms with Gasteiger partial charge in [-0.1, -0.05) is 12.8 Å². The Bertz CT molecular complexity index is 546. The molecule has 0 aliphatic carbocycles. The predicted octanol–water partition coefficient (Wildman–Crippen LogP) is 2.62. The third kappa shape index (κ3) is 4.43. The summed E-state index contributed by atoms with van der Waals surface area (Å²) in [6, 6.07) is 1.18. The summed E-state index contributed by atoms with van der Waals surface area (Å²) in [7, 11) is 0. The normalized spacial score (nSPS) is 13.1. The molecule has 4 nitrogen and oxygen atoms in total. The summed E-state index contributed by atoms with van der Waals surface area (Å²) >= 11 is 0. The third-order valence-corrected chi connectivity index (χ3v) is 3.31. The molecule has 114 valence electrons. The van der Waals surface area contributed by atoms with E-state index in [2.05, 4.69) is 16.6 Å². The van der Waals surface area contributed by atoms with E-state index in [1.54, 1.807) is 6.92 Å². The topological polar surface area (TPSA) is 61.4 Å². The molecule has 1 aromatic carbocycles. The fraction of sp³-hybridized carbons (Fsp3) is 0.400. The Kier molecular flexibility index (Phi) is 5.68. The second kappa shape index (κ2) is 7.04. The molecule has 0 saturated carbocycles. The Morgan fingerprint density at radius 1 is 1.43 bits per heavy atom. The lowest BCUT2D eigenvalue weighted by Crippen LogP contribution is -2.48. The van der Waals surface area contributed by atoms with Crippen molar-refractivity contribution in [2.75, 3.05) is 11.9 Å². The number of benzene rings is 1. The van der Waals surface area contributed by atoms with Gasteiger partial charge in [-0.15, -0.1) is 6.42 Å². The molecule has 1 rings (SSSR count). The largest absolute Gasteiger partial charge is 0.396 e. The average Bonchev–Trinajstić information content (AvgIpc) is 2.42. The molecule has 3 N–H and O–H groups in total. The van der Waals surface area contributed by atoms with Crippen LogP contribution in [-0.2, 0) is 0 Å². The number of amides is 2. The molecule has 1 unspecified atom stereocenters. The average molecular weight is 296 g/mol. The summed E-state index contributed by atoms with van der Waals surface area (Å²) in [4.78, 5) is 11.8. The second-order valence-electron chi connectivity index (χ2n) is 4.93. The smallest absolute Gasteiger partial charge is 0.319 e. The maximum Gasteiger partial charge on any atom is 0.319 e. The molecule has 0 radical (unpaired) electrons. The molecule has 0 saturated heterocycles.